The maximum absolute atomic E-state index is 5.71. The zero-order valence-electron chi connectivity index (χ0n) is 15.6. The third-order valence-corrected chi connectivity index (χ3v) is 4.30. The van der Waals surface area contributed by atoms with Crippen LogP contribution in [-0.4, -0.2) is 45.3 Å². The number of halogens is 2. The van der Waals surface area contributed by atoms with Gasteiger partial charge in [0, 0.05) is 32.2 Å². The Morgan fingerprint density at radius 1 is 1.00 bits per heavy atom. The molecule has 24 heavy (non-hydrogen) atoms. The topological polar surface area (TPSA) is 33.7 Å². The number of hydrogen-bond donors (Lipinski definition) is 1. The first-order valence-corrected chi connectivity index (χ1v) is 8.05. The molecule has 4 nitrogen and oxygen atoms in total. The van der Waals surface area contributed by atoms with Crippen LogP contribution < -0.4 is 14.8 Å². The number of benzene rings is 1. The van der Waals surface area contributed by atoms with Gasteiger partial charge in [0.15, 0.2) is 0 Å². The maximum atomic E-state index is 5.71. The molecule has 1 aromatic rings. The van der Waals surface area contributed by atoms with Gasteiger partial charge in [-0.1, -0.05) is 20.8 Å². The van der Waals surface area contributed by atoms with Gasteiger partial charge in [-0.15, -0.1) is 24.8 Å². The van der Waals surface area contributed by atoms with Crippen molar-refractivity contribution in [3.63, 3.8) is 0 Å². The summed E-state index contributed by atoms with van der Waals surface area (Å²) in [5, 5.41) is 3.43. The fourth-order valence-corrected chi connectivity index (χ4v) is 3.44. The lowest BCUT2D eigenvalue weighted by molar-refractivity contribution is 0.0820. The van der Waals surface area contributed by atoms with Crippen LogP contribution in [0.3, 0.4) is 0 Å². The molecule has 0 amide bonds. The van der Waals surface area contributed by atoms with Crippen molar-refractivity contribution in [1.82, 2.24) is 10.2 Å². The second-order valence-corrected chi connectivity index (χ2v) is 7.14. The highest BCUT2D eigenvalue weighted by molar-refractivity contribution is 5.85. The Labute approximate surface area is 159 Å². The van der Waals surface area contributed by atoms with E-state index in [1.807, 2.05) is 0 Å². The summed E-state index contributed by atoms with van der Waals surface area (Å²) >= 11 is 0. The minimum atomic E-state index is 0. The summed E-state index contributed by atoms with van der Waals surface area (Å²) in [6.45, 7) is 13.1. The van der Waals surface area contributed by atoms with E-state index in [2.05, 4.69) is 50.0 Å². The summed E-state index contributed by atoms with van der Waals surface area (Å²) in [7, 11) is 3.49. The van der Waals surface area contributed by atoms with E-state index in [0.29, 0.717) is 0 Å². The molecule has 0 bridgehead atoms. The predicted molar refractivity (Wildman–Crippen MR) is 105 cm³/mol. The van der Waals surface area contributed by atoms with Crippen LogP contribution in [-0.2, 0) is 0 Å². The second kappa shape index (κ2) is 9.71. The quantitative estimate of drug-likeness (QED) is 0.862. The van der Waals surface area contributed by atoms with Crippen LogP contribution in [0.1, 0.15) is 37.9 Å². The molecule has 1 heterocycles. The molecule has 0 unspecified atom stereocenters. The van der Waals surface area contributed by atoms with E-state index in [9.17, 15) is 0 Å². The number of nitrogens with one attached hydrogen (secondary N) is 1. The van der Waals surface area contributed by atoms with Gasteiger partial charge >= 0.3 is 0 Å². The van der Waals surface area contributed by atoms with E-state index < -0.39 is 0 Å². The summed E-state index contributed by atoms with van der Waals surface area (Å²) in [5.74, 6) is 1.85. The molecular formula is C18H32Cl2N2O2. The maximum Gasteiger partial charge on any atom is 0.127 e. The number of piperazine rings is 1. The van der Waals surface area contributed by atoms with Crippen molar-refractivity contribution in [1.29, 1.82) is 0 Å². The molecule has 1 saturated heterocycles. The van der Waals surface area contributed by atoms with Crippen molar-refractivity contribution in [2.45, 2.75) is 33.7 Å². The van der Waals surface area contributed by atoms with Gasteiger partial charge in [-0.25, -0.2) is 0 Å². The molecule has 0 aromatic heterocycles. The summed E-state index contributed by atoms with van der Waals surface area (Å²) in [6, 6.07) is 4.48. The Morgan fingerprint density at radius 3 is 1.83 bits per heavy atom. The van der Waals surface area contributed by atoms with Crippen molar-refractivity contribution in [2.75, 3.05) is 40.4 Å². The lowest BCUT2D eigenvalue weighted by Crippen LogP contribution is -2.48. The fraction of sp³-hybridized carbons (Fsp3) is 0.667. The molecule has 1 aliphatic rings. The van der Waals surface area contributed by atoms with Crippen LogP contribution in [0.5, 0.6) is 11.5 Å². The molecule has 140 valence electrons. The molecule has 0 radical (unpaired) electrons. The van der Waals surface area contributed by atoms with Gasteiger partial charge in [0.2, 0.25) is 0 Å². The molecule has 0 spiro atoms. The first kappa shape index (κ1) is 23.3. The lowest BCUT2D eigenvalue weighted by atomic mass is 9.80. The smallest absolute Gasteiger partial charge is 0.127 e. The molecule has 1 aromatic carbocycles. The van der Waals surface area contributed by atoms with Gasteiger partial charge < -0.3 is 14.8 Å². The zero-order valence-corrected chi connectivity index (χ0v) is 17.3. The molecule has 6 heteroatoms. The first-order valence-electron chi connectivity index (χ1n) is 8.05. The van der Waals surface area contributed by atoms with Crippen molar-refractivity contribution in [3.05, 3.63) is 23.3 Å². The van der Waals surface area contributed by atoms with E-state index in [0.717, 1.165) is 43.2 Å². The number of rotatable bonds is 4. The highest BCUT2D eigenvalue weighted by Crippen LogP contribution is 2.46. The minimum Gasteiger partial charge on any atom is -0.496 e. The molecule has 2 rings (SSSR count). The zero-order chi connectivity index (χ0) is 16.3. The molecule has 0 aliphatic carbocycles. The van der Waals surface area contributed by atoms with Crippen molar-refractivity contribution < 1.29 is 9.47 Å². The largest absolute Gasteiger partial charge is 0.496 e. The van der Waals surface area contributed by atoms with E-state index in [4.69, 9.17) is 9.47 Å². The summed E-state index contributed by atoms with van der Waals surface area (Å²) < 4.78 is 11.4. The Morgan fingerprint density at radius 2 is 1.46 bits per heavy atom. The molecular weight excluding hydrogens is 347 g/mol. The number of aryl methyl sites for hydroxylation is 1. The Hall–Kier alpha value is -0.680. The third kappa shape index (κ3) is 5.16. The fourth-order valence-electron chi connectivity index (χ4n) is 3.44. The highest BCUT2D eigenvalue weighted by atomic mass is 35.5. The van der Waals surface area contributed by atoms with Gasteiger partial charge in [0.25, 0.3) is 0 Å². The molecule has 0 saturated carbocycles. The van der Waals surface area contributed by atoms with Crippen molar-refractivity contribution in [3.8, 4) is 11.5 Å². The van der Waals surface area contributed by atoms with Crippen LogP contribution in [0.15, 0.2) is 12.1 Å². The van der Waals surface area contributed by atoms with Gasteiger partial charge in [-0.05, 0) is 30.0 Å². The number of nitrogens with zero attached hydrogens (tertiary/aromatic N) is 1. The average molecular weight is 379 g/mol. The second-order valence-electron chi connectivity index (χ2n) is 7.14. The highest BCUT2D eigenvalue weighted by Gasteiger charge is 2.36. The molecule has 1 N–H and O–H groups in total. The van der Waals surface area contributed by atoms with E-state index in [-0.39, 0.29) is 36.3 Å². The molecule has 1 fully saturated rings. The van der Waals surface area contributed by atoms with Gasteiger partial charge in [0.1, 0.15) is 11.5 Å². The predicted octanol–water partition coefficient (Wildman–Crippen LogP) is 3.85. The van der Waals surface area contributed by atoms with Crippen molar-refractivity contribution >= 4 is 24.8 Å². The number of hydrogen-bond acceptors (Lipinski definition) is 4. The van der Waals surface area contributed by atoms with Crippen LogP contribution in [0.2, 0.25) is 0 Å². The van der Waals surface area contributed by atoms with Crippen molar-refractivity contribution in [2.24, 2.45) is 5.41 Å². The van der Waals surface area contributed by atoms with E-state index in [1.165, 1.54) is 5.56 Å². The normalized spacial score (nSPS) is 16.6. The van der Waals surface area contributed by atoms with Crippen LogP contribution >= 0.6 is 24.8 Å². The van der Waals surface area contributed by atoms with Gasteiger partial charge in [0.05, 0.1) is 19.8 Å². The monoisotopic (exact) mass is 378 g/mol. The molecule has 1 atom stereocenters. The van der Waals surface area contributed by atoms with E-state index >= 15 is 0 Å². The Balaban J connectivity index is 0.00000264. The Bertz CT molecular complexity index is 487. The minimum absolute atomic E-state index is 0. The first-order chi connectivity index (χ1) is 10.4. The van der Waals surface area contributed by atoms with Gasteiger partial charge in [-0.2, -0.15) is 0 Å². The Kier molecular flexibility index (Phi) is 9.44. The molecule has 1 aliphatic heterocycles. The SMILES string of the molecule is COc1cc(C)cc(OC)c1[C@@H](N1CCNCC1)C(C)(C)C.Cl.Cl. The standard InChI is InChI=1S/C18H30N2O2.2ClH/c1-13-11-14(21-5)16(15(12-13)22-6)17(18(2,3)4)20-9-7-19-8-10-20;;/h11-12,17,19H,7-10H2,1-6H3;2*1H/t17-;;/m1../s1. The average Bonchev–Trinajstić information content (AvgIpc) is 2.48. The summed E-state index contributed by atoms with van der Waals surface area (Å²) in [4.78, 5) is 2.55. The van der Waals surface area contributed by atoms with Crippen LogP contribution in [0.25, 0.3) is 0 Å². The van der Waals surface area contributed by atoms with Gasteiger partial charge in [-0.3, -0.25) is 4.90 Å². The summed E-state index contributed by atoms with van der Waals surface area (Å²) in [6.07, 6.45) is 0. The number of methoxy groups -OCH3 is 2. The summed E-state index contributed by atoms with van der Waals surface area (Å²) in [5.41, 5.74) is 2.42. The van der Waals surface area contributed by atoms with E-state index in [1.54, 1.807) is 14.2 Å². The third-order valence-electron chi connectivity index (χ3n) is 4.30. The van der Waals surface area contributed by atoms with Crippen LogP contribution in [0.4, 0.5) is 0 Å². The van der Waals surface area contributed by atoms with Crippen LogP contribution in [0, 0.1) is 12.3 Å². The lowest BCUT2D eigenvalue weighted by Gasteiger charge is -2.43. The number of ether oxygens (including phenoxy) is 2.